The molecule has 0 aliphatic rings. The maximum absolute atomic E-state index is 12.7. The zero-order valence-electron chi connectivity index (χ0n) is 13.5. The Hall–Kier alpha value is -2.60. The van der Waals surface area contributed by atoms with Gasteiger partial charge < -0.3 is 9.64 Å². The third-order valence-electron chi connectivity index (χ3n) is 3.89. The van der Waals surface area contributed by atoms with Gasteiger partial charge in [-0.05, 0) is 36.8 Å². The summed E-state index contributed by atoms with van der Waals surface area (Å²) in [6, 6.07) is 11.1. The Bertz CT molecular complexity index is 762. The first-order valence-electron chi connectivity index (χ1n) is 7.20. The number of amides is 1. The van der Waals surface area contributed by atoms with Crippen molar-refractivity contribution in [2.75, 3.05) is 14.2 Å². The maximum Gasteiger partial charge on any atom is 0.283 e. The zero-order chi connectivity index (χ0) is 17.9. The van der Waals surface area contributed by atoms with Crippen molar-refractivity contribution in [2.24, 2.45) is 0 Å². The van der Waals surface area contributed by atoms with E-state index < -0.39 is 10.8 Å². The van der Waals surface area contributed by atoms with Crippen molar-refractivity contribution in [1.82, 2.24) is 4.90 Å². The number of methoxy groups -OCH3 is 1. The molecule has 24 heavy (non-hydrogen) atoms. The first-order chi connectivity index (χ1) is 11.3. The van der Waals surface area contributed by atoms with Crippen LogP contribution in [0.5, 0.6) is 5.75 Å². The van der Waals surface area contributed by atoms with Crippen molar-refractivity contribution in [1.29, 1.82) is 0 Å². The van der Waals surface area contributed by atoms with E-state index in [0.717, 1.165) is 5.56 Å². The Morgan fingerprint density at radius 3 is 2.42 bits per heavy atom. The molecule has 0 bridgehead atoms. The van der Waals surface area contributed by atoms with E-state index in [2.05, 4.69) is 0 Å². The van der Waals surface area contributed by atoms with Crippen LogP contribution < -0.4 is 4.74 Å². The van der Waals surface area contributed by atoms with Gasteiger partial charge in [0.05, 0.1) is 18.1 Å². The van der Waals surface area contributed by atoms with Crippen molar-refractivity contribution in [2.45, 2.75) is 13.0 Å². The van der Waals surface area contributed by atoms with Crippen molar-refractivity contribution in [3.8, 4) is 5.75 Å². The molecule has 0 spiro atoms. The van der Waals surface area contributed by atoms with E-state index in [4.69, 9.17) is 16.3 Å². The molecule has 2 rings (SSSR count). The van der Waals surface area contributed by atoms with E-state index in [9.17, 15) is 14.9 Å². The van der Waals surface area contributed by atoms with Gasteiger partial charge in [-0.15, -0.1) is 0 Å². The first kappa shape index (κ1) is 17.7. The van der Waals surface area contributed by atoms with Gasteiger partial charge in [0.15, 0.2) is 0 Å². The normalized spacial score (nSPS) is 11.7. The molecule has 7 heteroatoms. The minimum atomic E-state index is -0.606. The molecule has 126 valence electrons. The highest BCUT2D eigenvalue weighted by molar-refractivity contribution is 6.31. The Morgan fingerprint density at radius 1 is 1.25 bits per heavy atom. The predicted octanol–water partition coefficient (Wildman–Crippen LogP) is 4.09. The van der Waals surface area contributed by atoms with Gasteiger partial charge in [-0.25, -0.2) is 0 Å². The lowest BCUT2D eigenvalue weighted by Gasteiger charge is -2.25. The molecule has 1 atom stereocenters. The van der Waals surface area contributed by atoms with E-state index in [0.29, 0.717) is 5.75 Å². The highest BCUT2D eigenvalue weighted by Crippen LogP contribution is 2.28. The fourth-order valence-electron chi connectivity index (χ4n) is 2.31. The minimum absolute atomic E-state index is 0.00672. The molecule has 1 amide bonds. The third kappa shape index (κ3) is 3.65. The highest BCUT2D eigenvalue weighted by atomic mass is 35.5. The highest BCUT2D eigenvalue weighted by Gasteiger charge is 2.26. The second-order valence-corrected chi connectivity index (χ2v) is 5.72. The number of rotatable bonds is 5. The zero-order valence-corrected chi connectivity index (χ0v) is 14.3. The lowest BCUT2D eigenvalue weighted by molar-refractivity contribution is -0.385. The molecule has 2 aromatic rings. The van der Waals surface area contributed by atoms with Crippen LogP contribution in [0.15, 0.2) is 42.5 Å². The number of carbonyl (C=O) groups is 1. The molecule has 0 aliphatic carbocycles. The summed E-state index contributed by atoms with van der Waals surface area (Å²) in [6.45, 7) is 1.85. The van der Waals surface area contributed by atoms with Gasteiger partial charge in [-0.3, -0.25) is 14.9 Å². The molecule has 0 aliphatic heterocycles. The molecule has 6 nitrogen and oxygen atoms in total. The van der Waals surface area contributed by atoms with Gasteiger partial charge >= 0.3 is 0 Å². The van der Waals surface area contributed by atoms with Crippen LogP contribution in [0.3, 0.4) is 0 Å². The first-order valence-corrected chi connectivity index (χ1v) is 7.58. The van der Waals surface area contributed by atoms with Crippen LogP contribution in [-0.4, -0.2) is 29.9 Å². The second-order valence-electron chi connectivity index (χ2n) is 5.28. The Morgan fingerprint density at radius 2 is 1.88 bits per heavy atom. The Labute approximate surface area is 144 Å². The summed E-state index contributed by atoms with van der Waals surface area (Å²) in [5.41, 5.74) is 0.594. The number of hydrogen-bond acceptors (Lipinski definition) is 4. The van der Waals surface area contributed by atoms with Crippen LogP contribution in [0.4, 0.5) is 5.69 Å². The summed E-state index contributed by atoms with van der Waals surface area (Å²) in [5, 5.41) is 11.4. The Kier molecular flexibility index (Phi) is 5.41. The number of nitrogens with zero attached hydrogens (tertiary/aromatic N) is 2. The molecule has 0 radical (unpaired) electrons. The van der Waals surface area contributed by atoms with Crippen LogP contribution >= 0.6 is 11.6 Å². The molecular weight excluding hydrogens is 332 g/mol. The minimum Gasteiger partial charge on any atom is -0.497 e. The topological polar surface area (TPSA) is 72.7 Å². The van der Waals surface area contributed by atoms with Gasteiger partial charge in [0, 0.05) is 18.1 Å². The average Bonchev–Trinajstić information content (AvgIpc) is 2.59. The molecule has 0 heterocycles. The Balaban J connectivity index is 2.30. The standard InChI is InChI=1S/C17H17ClN2O4/c1-11(12-4-7-14(24-3)8-5-12)19(2)17(21)15-9-6-13(18)10-16(15)20(22)23/h4-11H,1-3H3. The number of ether oxygens (including phenoxy) is 1. The monoisotopic (exact) mass is 348 g/mol. The quantitative estimate of drug-likeness (QED) is 0.602. The van der Waals surface area contributed by atoms with E-state index in [-0.39, 0.29) is 22.3 Å². The molecular formula is C17H17ClN2O4. The fourth-order valence-corrected chi connectivity index (χ4v) is 2.47. The van der Waals surface area contributed by atoms with Crippen molar-refractivity contribution in [3.05, 3.63) is 68.7 Å². The molecule has 0 N–H and O–H groups in total. The summed E-state index contributed by atoms with van der Waals surface area (Å²) in [7, 11) is 3.18. The predicted molar refractivity (Wildman–Crippen MR) is 91.6 cm³/mol. The fraction of sp³-hybridized carbons (Fsp3) is 0.235. The van der Waals surface area contributed by atoms with E-state index in [1.54, 1.807) is 26.3 Å². The van der Waals surface area contributed by atoms with Crippen LogP contribution in [0, 0.1) is 10.1 Å². The lowest BCUT2D eigenvalue weighted by atomic mass is 10.1. The van der Waals surface area contributed by atoms with Crippen LogP contribution in [0.25, 0.3) is 0 Å². The van der Waals surface area contributed by atoms with E-state index >= 15 is 0 Å². The largest absolute Gasteiger partial charge is 0.497 e. The van der Waals surface area contributed by atoms with Crippen LogP contribution in [0.2, 0.25) is 5.02 Å². The number of benzene rings is 2. The molecule has 0 aromatic heterocycles. The lowest BCUT2D eigenvalue weighted by Crippen LogP contribution is -2.30. The summed E-state index contributed by atoms with van der Waals surface area (Å²) >= 11 is 5.79. The second kappa shape index (κ2) is 7.31. The number of carbonyl (C=O) groups excluding carboxylic acids is 1. The smallest absolute Gasteiger partial charge is 0.283 e. The number of halogens is 1. The SMILES string of the molecule is COc1ccc(C(C)N(C)C(=O)c2ccc(Cl)cc2[N+](=O)[O-])cc1. The number of hydrogen-bond donors (Lipinski definition) is 0. The summed E-state index contributed by atoms with van der Waals surface area (Å²) in [5.74, 6) is 0.273. The van der Waals surface area contributed by atoms with Crippen molar-refractivity contribution >= 4 is 23.2 Å². The van der Waals surface area contributed by atoms with E-state index in [1.165, 1.54) is 23.1 Å². The third-order valence-corrected chi connectivity index (χ3v) is 4.12. The van der Waals surface area contributed by atoms with Gasteiger partial charge in [-0.2, -0.15) is 0 Å². The number of nitro benzene ring substituents is 1. The molecule has 2 aromatic carbocycles. The average molecular weight is 349 g/mol. The molecule has 1 unspecified atom stereocenters. The van der Waals surface area contributed by atoms with Gasteiger partial charge in [0.25, 0.3) is 11.6 Å². The maximum atomic E-state index is 12.7. The number of nitro groups is 1. The summed E-state index contributed by atoms with van der Waals surface area (Å²) < 4.78 is 5.11. The van der Waals surface area contributed by atoms with Gasteiger partial charge in [0.2, 0.25) is 0 Å². The molecule has 0 fully saturated rings. The van der Waals surface area contributed by atoms with Gasteiger partial charge in [-0.1, -0.05) is 23.7 Å². The molecule has 0 saturated heterocycles. The van der Waals surface area contributed by atoms with Crippen molar-refractivity contribution < 1.29 is 14.5 Å². The van der Waals surface area contributed by atoms with E-state index in [1.807, 2.05) is 19.1 Å². The van der Waals surface area contributed by atoms with Crippen LogP contribution in [-0.2, 0) is 0 Å². The van der Waals surface area contributed by atoms with Crippen molar-refractivity contribution in [3.63, 3.8) is 0 Å². The van der Waals surface area contributed by atoms with Crippen LogP contribution in [0.1, 0.15) is 28.9 Å². The summed E-state index contributed by atoms with van der Waals surface area (Å²) in [6.07, 6.45) is 0. The summed E-state index contributed by atoms with van der Waals surface area (Å²) in [4.78, 5) is 24.7. The molecule has 0 saturated carbocycles. The van der Waals surface area contributed by atoms with Gasteiger partial charge in [0.1, 0.15) is 11.3 Å².